The molecule has 4 heterocycles. The largest absolute Gasteiger partial charge is 0.294 e. The predicted molar refractivity (Wildman–Crippen MR) is 218 cm³/mol. The number of rotatable bonds is 4. The van der Waals surface area contributed by atoms with Crippen LogP contribution in [0.1, 0.15) is 0 Å². The maximum atomic E-state index is 5.42. The average molecular weight is 686 g/mol. The lowest BCUT2D eigenvalue weighted by atomic mass is 10.0. The first kappa shape index (κ1) is 28.7. The van der Waals surface area contributed by atoms with Crippen molar-refractivity contribution in [2.45, 2.75) is 0 Å². The molecule has 3 nitrogen and oxygen atoms in total. The van der Waals surface area contributed by atoms with E-state index in [0.29, 0.717) is 5.82 Å². The Hall–Kier alpha value is -6.14. The van der Waals surface area contributed by atoms with Gasteiger partial charge < -0.3 is 0 Å². The van der Waals surface area contributed by atoms with Crippen LogP contribution in [0.3, 0.4) is 0 Å². The molecular formula is C46H27N3S2. The normalized spacial score (nSPS) is 11.9. The summed E-state index contributed by atoms with van der Waals surface area (Å²) in [5.41, 5.74) is 7.58. The monoisotopic (exact) mass is 685 g/mol. The zero-order valence-corrected chi connectivity index (χ0v) is 28.9. The predicted octanol–water partition coefficient (Wildman–Crippen LogP) is 13.3. The van der Waals surface area contributed by atoms with Crippen molar-refractivity contribution >= 4 is 84.8 Å². The van der Waals surface area contributed by atoms with Gasteiger partial charge in [-0.15, -0.1) is 22.7 Å². The highest BCUT2D eigenvalue weighted by Crippen LogP contribution is 2.43. The average Bonchev–Trinajstić information content (AvgIpc) is 3.86. The van der Waals surface area contributed by atoms with Crippen molar-refractivity contribution in [3.05, 3.63) is 164 Å². The Bertz CT molecular complexity index is 3150. The Kier molecular flexibility index (Phi) is 6.29. The van der Waals surface area contributed by atoms with Crippen molar-refractivity contribution in [3.8, 4) is 39.6 Å². The Labute approximate surface area is 301 Å². The third-order valence-corrected chi connectivity index (χ3v) is 12.4. The molecule has 0 atom stereocenters. The molecule has 0 aliphatic rings. The lowest BCUT2D eigenvalue weighted by molar-refractivity contribution is 1.05. The molecule has 5 heteroatoms. The van der Waals surface area contributed by atoms with Crippen molar-refractivity contribution in [2.24, 2.45) is 0 Å². The smallest absolute Gasteiger partial charge is 0.162 e. The molecule has 0 aliphatic carbocycles. The minimum atomic E-state index is 0.700. The highest BCUT2D eigenvalue weighted by molar-refractivity contribution is 7.26. The van der Waals surface area contributed by atoms with Crippen LogP contribution in [0.25, 0.3) is 102 Å². The van der Waals surface area contributed by atoms with Gasteiger partial charge in [0.2, 0.25) is 0 Å². The van der Waals surface area contributed by atoms with Crippen LogP contribution >= 0.6 is 22.7 Å². The number of nitrogens with zero attached hydrogens (tertiary/aromatic N) is 3. The molecule has 0 spiro atoms. The van der Waals surface area contributed by atoms with Gasteiger partial charge in [-0.1, -0.05) is 121 Å². The van der Waals surface area contributed by atoms with Gasteiger partial charge in [-0.2, -0.15) is 0 Å². The van der Waals surface area contributed by atoms with Crippen LogP contribution in [-0.2, 0) is 0 Å². The molecule has 0 unspecified atom stereocenters. The number of hydrogen-bond donors (Lipinski definition) is 0. The number of thiophene rings is 2. The van der Waals surface area contributed by atoms with Crippen LogP contribution in [-0.4, -0.2) is 14.5 Å². The van der Waals surface area contributed by atoms with Crippen molar-refractivity contribution in [1.29, 1.82) is 0 Å². The van der Waals surface area contributed by atoms with Crippen LogP contribution in [0.2, 0.25) is 0 Å². The first-order valence-corrected chi connectivity index (χ1v) is 18.7. The van der Waals surface area contributed by atoms with Gasteiger partial charge in [0, 0.05) is 68.3 Å². The minimum absolute atomic E-state index is 0.700. The highest BCUT2D eigenvalue weighted by atomic mass is 32.1. The molecule has 0 N–H and O–H groups in total. The second kappa shape index (κ2) is 11.2. The molecule has 51 heavy (non-hydrogen) atoms. The fourth-order valence-electron chi connectivity index (χ4n) is 7.67. The number of para-hydroxylation sites is 1. The summed E-state index contributed by atoms with van der Waals surface area (Å²) in [5.74, 6) is 1.55. The van der Waals surface area contributed by atoms with Gasteiger partial charge >= 0.3 is 0 Å². The summed E-state index contributed by atoms with van der Waals surface area (Å²) in [5, 5.41) is 7.53. The summed E-state index contributed by atoms with van der Waals surface area (Å²) in [6.07, 6.45) is 0. The van der Waals surface area contributed by atoms with Gasteiger partial charge in [-0.25, -0.2) is 9.97 Å². The Morgan fingerprint density at radius 3 is 1.92 bits per heavy atom. The summed E-state index contributed by atoms with van der Waals surface area (Å²) < 4.78 is 7.46. The van der Waals surface area contributed by atoms with Crippen LogP contribution < -0.4 is 0 Å². The molecule has 0 fully saturated rings. The molecule has 0 saturated carbocycles. The topological polar surface area (TPSA) is 30.7 Å². The van der Waals surface area contributed by atoms with Crippen molar-refractivity contribution < 1.29 is 0 Å². The molecule has 238 valence electrons. The van der Waals surface area contributed by atoms with Gasteiger partial charge in [-0.05, 0) is 47.5 Å². The van der Waals surface area contributed by atoms with Crippen molar-refractivity contribution in [2.75, 3.05) is 0 Å². The van der Waals surface area contributed by atoms with Gasteiger partial charge in [0.1, 0.15) is 5.82 Å². The number of benzene rings is 7. The van der Waals surface area contributed by atoms with E-state index in [-0.39, 0.29) is 0 Å². The third-order valence-electron chi connectivity index (χ3n) is 10.0. The third kappa shape index (κ3) is 4.49. The maximum Gasteiger partial charge on any atom is 0.162 e. The molecule has 0 aliphatic heterocycles. The van der Waals surface area contributed by atoms with Crippen LogP contribution in [0.4, 0.5) is 0 Å². The van der Waals surface area contributed by atoms with Crippen molar-refractivity contribution in [3.63, 3.8) is 0 Å². The number of hydrogen-bond acceptors (Lipinski definition) is 4. The van der Waals surface area contributed by atoms with Crippen molar-refractivity contribution in [1.82, 2.24) is 14.5 Å². The summed E-state index contributed by atoms with van der Waals surface area (Å²) in [6.45, 7) is 0. The molecule has 0 amide bonds. The van der Waals surface area contributed by atoms with E-state index in [4.69, 9.17) is 9.97 Å². The van der Waals surface area contributed by atoms with Gasteiger partial charge in [-0.3, -0.25) is 4.57 Å². The molecule has 0 saturated heterocycles. The van der Waals surface area contributed by atoms with E-state index in [1.165, 1.54) is 56.7 Å². The summed E-state index contributed by atoms with van der Waals surface area (Å²) in [6, 6.07) is 58.7. The van der Waals surface area contributed by atoms with E-state index in [1.54, 1.807) is 0 Å². The van der Waals surface area contributed by atoms with E-state index in [9.17, 15) is 0 Å². The van der Waals surface area contributed by atoms with Crippen LogP contribution in [0.5, 0.6) is 0 Å². The lowest BCUT2D eigenvalue weighted by Gasteiger charge is -2.13. The first-order chi connectivity index (χ1) is 25.3. The maximum absolute atomic E-state index is 5.42. The van der Waals surface area contributed by atoms with Gasteiger partial charge in [0.05, 0.1) is 16.7 Å². The molecule has 7 aromatic carbocycles. The van der Waals surface area contributed by atoms with Gasteiger partial charge in [0.15, 0.2) is 5.82 Å². The molecule has 4 aromatic heterocycles. The summed E-state index contributed by atoms with van der Waals surface area (Å²) in [7, 11) is 0. The van der Waals surface area contributed by atoms with Crippen LogP contribution in [0.15, 0.2) is 164 Å². The standard InChI is InChI=1S/C46H27N3S2/c1-2-12-28(13-3-1)29-14-10-15-30(24-29)46-47-38(35-20-11-19-34-32-17-5-9-23-42(32)51-45(34)35)27-44(48-46)49-39-21-7-4-16-31(39)36-26-43-37(25-40(36)49)33-18-6-8-22-41(33)50-43/h1-27H. The van der Waals surface area contributed by atoms with Gasteiger partial charge in [0.25, 0.3) is 0 Å². The van der Waals surface area contributed by atoms with E-state index in [2.05, 4.69) is 168 Å². The van der Waals surface area contributed by atoms with E-state index in [0.717, 1.165) is 39.2 Å². The first-order valence-electron chi connectivity index (χ1n) is 17.1. The molecule has 11 rings (SSSR count). The summed E-state index contributed by atoms with van der Waals surface area (Å²) >= 11 is 3.69. The lowest BCUT2D eigenvalue weighted by Crippen LogP contribution is -2.02. The van der Waals surface area contributed by atoms with E-state index in [1.807, 2.05) is 22.7 Å². The second-order valence-corrected chi connectivity index (χ2v) is 15.1. The number of fused-ring (bicyclic) bond motifs is 9. The van der Waals surface area contributed by atoms with E-state index >= 15 is 0 Å². The highest BCUT2D eigenvalue weighted by Gasteiger charge is 2.20. The second-order valence-electron chi connectivity index (χ2n) is 13.0. The fourth-order valence-corrected chi connectivity index (χ4v) is 10.0. The zero-order chi connectivity index (χ0) is 33.5. The summed E-state index contributed by atoms with van der Waals surface area (Å²) in [4.78, 5) is 10.8. The Balaban J connectivity index is 1.22. The molecular weight excluding hydrogens is 659 g/mol. The minimum Gasteiger partial charge on any atom is -0.294 e. The Morgan fingerprint density at radius 1 is 0.392 bits per heavy atom. The SMILES string of the molecule is c1ccc(-c2cccc(-c3nc(-c4cccc5c4sc4ccccc45)cc(-n4c5ccccc5c5cc6sc7ccccc7c6cc54)n3)c2)cc1. The quantitative estimate of drug-likeness (QED) is 0.185. The molecule has 0 bridgehead atoms. The Morgan fingerprint density at radius 2 is 1.06 bits per heavy atom. The van der Waals surface area contributed by atoms with E-state index < -0.39 is 0 Å². The molecule has 11 aromatic rings. The molecule has 0 radical (unpaired) electrons. The number of aromatic nitrogens is 3. The zero-order valence-electron chi connectivity index (χ0n) is 27.2. The fraction of sp³-hybridized carbons (Fsp3) is 0. The van der Waals surface area contributed by atoms with Crippen LogP contribution in [0, 0.1) is 0 Å².